The quantitative estimate of drug-likeness (QED) is 0.639. The van der Waals surface area contributed by atoms with Crippen LogP contribution in [0.15, 0.2) is 24.3 Å². The summed E-state index contributed by atoms with van der Waals surface area (Å²) in [4.78, 5) is 12.0. The van der Waals surface area contributed by atoms with Gasteiger partial charge in [-0.3, -0.25) is 4.79 Å². The monoisotopic (exact) mass is 343 g/mol. The number of nitrogens with one attached hydrogen (secondary N) is 2. The minimum absolute atomic E-state index is 0.147. The summed E-state index contributed by atoms with van der Waals surface area (Å²) < 4.78 is 5.63. The Balaban J connectivity index is 1.60. The summed E-state index contributed by atoms with van der Waals surface area (Å²) in [5, 5.41) is 15.0. The molecule has 5 nitrogen and oxygen atoms in total. The van der Waals surface area contributed by atoms with Crippen molar-refractivity contribution in [3.05, 3.63) is 29.8 Å². The second-order valence-corrected chi connectivity index (χ2v) is 6.59. The molecule has 0 bridgehead atoms. The fourth-order valence-corrected chi connectivity index (χ4v) is 3.07. The molecule has 1 amide bonds. The number of hydrogen-bond acceptors (Lipinski definition) is 4. The van der Waals surface area contributed by atoms with Gasteiger partial charge in [0.2, 0.25) is 5.91 Å². The standard InChI is InChI=1S/C20H29N3O2/c21-12-4-5-14-25-19-10-6-7-17(15-19)16-22-13-11-20(24)23-18-8-2-1-3-9-18/h6-7,10,15,18,22H,1-5,8-9,11,13-14,16H2,(H,23,24). The maximum absolute atomic E-state index is 12.0. The summed E-state index contributed by atoms with van der Waals surface area (Å²) in [6, 6.07) is 10.4. The van der Waals surface area contributed by atoms with Gasteiger partial charge in [0.25, 0.3) is 0 Å². The van der Waals surface area contributed by atoms with E-state index < -0.39 is 0 Å². The van der Waals surface area contributed by atoms with Crippen molar-refractivity contribution >= 4 is 5.91 Å². The van der Waals surface area contributed by atoms with Crippen LogP contribution in [0.4, 0.5) is 0 Å². The highest BCUT2D eigenvalue weighted by Crippen LogP contribution is 2.17. The van der Waals surface area contributed by atoms with Gasteiger partial charge < -0.3 is 15.4 Å². The molecule has 0 spiro atoms. The Morgan fingerprint density at radius 3 is 2.92 bits per heavy atom. The summed E-state index contributed by atoms with van der Waals surface area (Å²) in [6.45, 7) is 1.95. The highest BCUT2D eigenvalue weighted by Gasteiger charge is 2.15. The van der Waals surface area contributed by atoms with Gasteiger partial charge in [0.1, 0.15) is 5.75 Å². The molecule has 1 aromatic rings. The Morgan fingerprint density at radius 2 is 2.12 bits per heavy atom. The molecule has 1 aromatic carbocycles. The van der Waals surface area contributed by atoms with E-state index in [-0.39, 0.29) is 5.91 Å². The Morgan fingerprint density at radius 1 is 1.28 bits per heavy atom. The SMILES string of the molecule is N#CCCCOc1cccc(CNCCC(=O)NC2CCCCC2)c1. The van der Waals surface area contributed by atoms with Gasteiger partial charge in [-0.25, -0.2) is 0 Å². The zero-order chi connectivity index (χ0) is 17.7. The highest BCUT2D eigenvalue weighted by molar-refractivity contribution is 5.76. The van der Waals surface area contributed by atoms with Crippen LogP contribution >= 0.6 is 0 Å². The molecule has 2 N–H and O–H groups in total. The maximum Gasteiger partial charge on any atom is 0.221 e. The second-order valence-electron chi connectivity index (χ2n) is 6.59. The number of amides is 1. The third-order valence-electron chi connectivity index (χ3n) is 4.43. The van der Waals surface area contributed by atoms with Crippen molar-refractivity contribution in [2.75, 3.05) is 13.2 Å². The van der Waals surface area contributed by atoms with Crippen molar-refractivity contribution in [2.24, 2.45) is 0 Å². The van der Waals surface area contributed by atoms with Crippen LogP contribution in [0.1, 0.15) is 56.9 Å². The number of rotatable bonds is 10. The van der Waals surface area contributed by atoms with Crippen LogP contribution in [0.2, 0.25) is 0 Å². The number of nitrogens with zero attached hydrogens (tertiary/aromatic N) is 1. The minimum Gasteiger partial charge on any atom is -0.494 e. The fourth-order valence-electron chi connectivity index (χ4n) is 3.07. The first-order chi connectivity index (χ1) is 12.3. The lowest BCUT2D eigenvalue weighted by atomic mass is 9.95. The number of nitriles is 1. The molecule has 0 atom stereocenters. The van der Waals surface area contributed by atoms with Crippen LogP contribution in [0, 0.1) is 11.3 Å². The Kier molecular flexibility index (Phi) is 8.85. The highest BCUT2D eigenvalue weighted by atomic mass is 16.5. The number of benzene rings is 1. The molecule has 5 heteroatoms. The molecule has 25 heavy (non-hydrogen) atoms. The molecule has 1 aliphatic rings. The lowest BCUT2D eigenvalue weighted by Crippen LogP contribution is -2.37. The first-order valence-corrected chi connectivity index (χ1v) is 9.36. The molecule has 0 aliphatic heterocycles. The van der Waals surface area contributed by atoms with E-state index in [0.717, 1.165) is 30.6 Å². The average molecular weight is 343 g/mol. The molecule has 0 saturated heterocycles. The number of carbonyl (C=O) groups is 1. The third kappa shape index (κ3) is 8.04. The zero-order valence-corrected chi connectivity index (χ0v) is 14.9. The first-order valence-electron chi connectivity index (χ1n) is 9.36. The second kappa shape index (κ2) is 11.5. The van der Waals surface area contributed by atoms with Gasteiger partial charge in [0.15, 0.2) is 0 Å². The van der Waals surface area contributed by atoms with Crippen LogP contribution in [0.5, 0.6) is 5.75 Å². The number of carbonyl (C=O) groups excluding carboxylic acids is 1. The van der Waals surface area contributed by atoms with Gasteiger partial charge in [-0.15, -0.1) is 0 Å². The Hall–Kier alpha value is -2.06. The van der Waals surface area contributed by atoms with Crippen molar-refractivity contribution in [1.82, 2.24) is 10.6 Å². The van der Waals surface area contributed by atoms with Gasteiger partial charge in [0.05, 0.1) is 12.7 Å². The fraction of sp³-hybridized carbons (Fsp3) is 0.600. The molecule has 0 unspecified atom stereocenters. The van der Waals surface area contributed by atoms with Gasteiger partial charge in [-0.05, 0) is 37.0 Å². The molecule has 136 valence electrons. The molecule has 1 saturated carbocycles. The Bertz CT molecular complexity index is 562. The van der Waals surface area contributed by atoms with E-state index in [9.17, 15) is 4.79 Å². The van der Waals surface area contributed by atoms with Gasteiger partial charge in [-0.2, -0.15) is 5.26 Å². The Labute approximate surface area is 150 Å². The predicted molar refractivity (Wildman–Crippen MR) is 98.1 cm³/mol. The molecular formula is C20H29N3O2. The summed E-state index contributed by atoms with van der Waals surface area (Å²) in [5.41, 5.74) is 1.13. The van der Waals surface area contributed by atoms with Crippen molar-refractivity contribution in [1.29, 1.82) is 5.26 Å². The topological polar surface area (TPSA) is 74.1 Å². The largest absolute Gasteiger partial charge is 0.494 e. The van der Waals surface area contributed by atoms with Crippen LogP contribution in [-0.2, 0) is 11.3 Å². The average Bonchev–Trinajstić information content (AvgIpc) is 2.64. The van der Waals surface area contributed by atoms with E-state index in [1.54, 1.807) is 0 Å². The number of hydrogen-bond donors (Lipinski definition) is 2. The predicted octanol–water partition coefficient (Wildman–Crippen LogP) is 3.30. The van der Waals surface area contributed by atoms with E-state index in [0.29, 0.717) is 38.6 Å². The van der Waals surface area contributed by atoms with Crippen molar-refractivity contribution in [2.45, 2.75) is 64.0 Å². The summed E-state index contributed by atoms with van der Waals surface area (Å²) in [5.74, 6) is 0.973. The number of unbranched alkanes of at least 4 members (excludes halogenated alkanes) is 1. The molecule has 0 aromatic heterocycles. The molecule has 1 fully saturated rings. The molecule has 1 aliphatic carbocycles. The van der Waals surface area contributed by atoms with Gasteiger partial charge in [0, 0.05) is 32.0 Å². The van der Waals surface area contributed by atoms with Gasteiger partial charge >= 0.3 is 0 Å². The summed E-state index contributed by atoms with van der Waals surface area (Å²) in [6.07, 6.45) is 7.80. The molecule has 2 rings (SSSR count). The van der Waals surface area contributed by atoms with Crippen LogP contribution in [0.25, 0.3) is 0 Å². The van der Waals surface area contributed by atoms with E-state index in [2.05, 4.69) is 16.7 Å². The van der Waals surface area contributed by atoms with E-state index in [1.807, 2.05) is 24.3 Å². The van der Waals surface area contributed by atoms with Crippen molar-refractivity contribution < 1.29 is 9.53 Å². The molecular weight excluding hydrogens is 314 g/mol. The number of ether oxygens (including phenoxy) is 1. The molecule has 0 heterocycles. The molecule has 0 radical (unpaired) electrons. The van der Waals surface area contributed by atoms with E-state index in [1.165, 1.54) is 19.3 Å². The van der Waals surface area contributed by atoms with E-state index in [4.69, 9.17) is 10.00 Å². The smallest absolute Gasteiger partial charge is 0.221 e. The first kappa shape index (κ1) is 19.3. The lowest BCUT2D eigenvalue weighted by molar-refractivity contribution is -0.121. The van der Waals surface area contributed by atoms with E-state index >= 15 is 0 Å². The van der Waals surface area contributed by atoms with Crippen LogP contribution < -0.4 is 15.4 Å². The maximum atomic E-state index is 12.0. The third-order valence-corrected chi connectivity index (χ3v) is 4.43. The van der Waals surface area contributed by atoms with Crippen LogP contribution in [0.3, 0.4) is 0 Å². The minimum atomic E-state index is 0.147. The van der Waals surface area contributed by atoms with Crippen LogP contribution in [-0.4, -0.2) is 25.1 Å². The summed E-state index contributed by atoms with van der Waals surface area (Å²) >= 11 is 0. The summed E-state index contributed by atoms with van der Waals surface area (Å²) in [7, 11) is 0. The van der Waals surface area contributed by atoms with Crippen molar-refractivity contribution in [3.8, 4) is 11.8 Å². The lowest BCUT2D eigenvalue weighted by Gasteiger charge is -2.22. The van der Waals surface area contributed by atoms with Gasteiger partial charge in [-0.1, -0.05) is 31.4 Å². The zero-order valence-electron chi connectivity index (χ0n) is 14.9. The van der Waals surface area contributed by atoms with Crippen molar-refractivity contribution in [3.63, 3.8) is 0 Å². The normalized spacial score (nSPS) is 14.7.